The summed E-state index contributed by atoms with van der Waals surface area (Å²) in [6.45, 7) is 0.546. The van der Waals surface area contributed by atoms with Crippen LogP contribution in [0.25, 0.3) is 0 Å². The first-order valence-corrected chi connectivity index (χ1v) is 6.93. The van der Waals surface area contributed by atoms with Crippen LogP contribution in [0, 0.1) is 0 Å². The maximum atomic E-state index is 12.7. The van der Waals surface area contributed by atoms with E-state index < -0.39 is 23.3 Å². The summed E-state index contributed by atoms with van der Waals surface area (Å²) in [6, 6.07) is 3.16. The number of nitrogens with one attached hydrogen (secondary N) is 1. The van der Waals surface area contributed by atoms with Crippen molar-refractivity contribution in [2.75, 3.05) is 23.9 Å². The minimum atomic E-state index is -4.68. The molecule has 19 heavy (non-hydrogen) atoms. The van der Waals surface area contributed by atoms with Crippen LogP contribution in [0.4, 0.5) is 18.9 Å². The Morgan fingerprint density at radius 2 is 2.11 bits per heavy atom. The van der Waals surface area contributed by atoms with E-state index in [0.29, 0.717) is 6.54 Å². The van der Waals surface area contributed by atoms with E-state index in [1.807, 2.05) is 6.26 Å². The molecule has 0 spiro atoms. The summed E-state index contributed by atoms with van der Waals surface area (Å²) in [5, 5.41) is 11.6. The predicted octanol–water partition coefficient (Wildman–Crippen LogP) is 3.57. The molecule has 0 saturated carbocycles. The molecule has 0 aliphatic rings. The highest BCUT2D eigenvalue weighted by atomic mass is 32.2. The van der Waals surface area contributed by atoms with Gasteiger partial charge in [-0.3, -0.25) is 0 Å². The van der Waals surface area contributed by atoms with Crippen molar-refractivity contribution in [3.8, 4) is 0 Å². The van der Waals surface area contributed by atoms with Crippen LogP contribution in [0.3, 0.4) is 0 Å². The minimum Gasteiger partial charge on any atom is -0.478 e. The van der Waals surface area contributed by atoms with Crippen LogP contribution in [0.5, 0.6) is 0 Å². The molecule has 0 aliphatic carbocycles. The first-order chi connectivity index (χ1) is 8.86. The lowest BCUT2D eigenvalue weighted by Crippen LogP contribution is -2.14. The number of anilines is 1. The van der Waals surface area contributed by atoms with Crippen molar-refractivity contribution in [3.63, 3.8) is 0 Å². The second kappa shape index (κ2) is 6.70. The summed E-state index contributed by atoms with van der Waals surface area (Å²) in [5.41, 5.74) is -1.59. The van der Waals surface area contributed by atoms with E-state index in [2.05, 4.69) is 5.32 Å². The largest absolute Gasteiger partial charge is 0.478 e. The van der Waals surface area contributed by atoms with E-state index in [1.165, 1.54) is 6.07 Å². The van der Waals surface area contributed by atoms with Gasteiger partial charge in [0.05, 0.1) is 11.1 Å². The molecule has 0 saturated heterocycles. The summed E-state index contributed by atoms with van der Waals surface area (Å²) in [7, 11) is 0. The van der Waals surface area contributed by atoms with E-state index >= 15 is 0 Å². The zero-order valence-electron chi connectivity index (χ0n) is 10.3. The third-order valence-electron chi connectivity index (χ3n) is 2.41. The van der Waals surface area contributed by atoms with Crippen LogP contribution in [0.1, 0.15) is 22.3 Å². The Morgan fingerprint density at radius 1 is 1.42 bits per heavy atom. The number of alkyl halides is 3. The Bertz CT molecular complexity index is 449. The van der Waals surface area contributed by atoms with Gasteiger partial charge in [-0.25, -0.2) is 4.79 Å². The summed E-state index contributed by atoms with van der Waals surface area (Å²) >= 11 is 1.65. The molecule has 7 heteroatoms. The van der Waals surface area contributed by atoms with Crippen molar-refractivity contribution in [2.24, 2.45) is 0 Å². The molecule has 0 bridgehead atoms. The van der Waals surface area contributed by atoms with Gasteiger partial charge in [0.1, 0.15) is 0 Å². The van der Waals surface area contributed by atoms with Crippen LogP contribution in [0.15, 0.2) is 18.2 Å². The van der Waals surface area contributed by atoms with Gasteiger partial charge in [0, 0.05) is 12.2 Å². The van der Waals surface area contributed by atoms with Crippen LogP contribution < -0.4 is 5.32 Å². The molecule has 1 aromatic carbocycles. The van der Waals surface area contributed by atoms with Crippen LogP contribution in [0.2, 0.25) is 0 Å². The maximum Gasteiger partial charge on any atom is 0.417 e. The molecule has 106 valence electrons. The Hall–Kier alpha value is -1.37. The average Bonchev–Trinajstić information content (AvgIpc) is 2.33. The first kappa shape index (κ1) is 15.7. The lowest BCUT2D eigenvalue weighted by atomic mass is 10.1. The number of benzene rings is 1. The van der Waals surface area contributed by atoms with E-state index in [-0.39, 0.29) is 5.69 Å². The standard InChI is InChI=1S/C12H14F3NO2S/c1-19-6-2-5-16-8-3-4-9(11(17)18)10(7-8)12(13,14)15/h3-4,7,16H,2,5-6H2,1H3,(H,17,18). The van der Waals surface area contributed by atoms with Crippen molar-refractivity contribution < 1.29 is 23.1 Å². The molecule has 0 unspecified atom stereocenters. The minimum absolute atomic E-state index is 0.276. The average molecular weight is 293 g/mol. The van der Waals surface area contributed by atoms with Gasteiger partial charge in [-0.1, -0.05) is 0 Å². The number of carboxylic acid groups (broad SMARTS) is 1. The lowest BCUT2D eigenvalue weighted by Gasteiger charge is -2.13. The van der Waals surface area contributed by atoms with E-state index in [9.17, 15) is 18.0 Å². The van der Waals surface area contributed by atoms with Crippen molar-refractivity contribution in [3.05, 3.63) is 29.3 Å². The summed E-state index contributed by atoms with van der Waals surface area (Å²) in [5.74, 6) is -0.673. The molecule has 0 amide bonds. The number of thioether (sulfide) groups is 1. The molecule has 0 fully saturated rings. The van der Waals surface area contributed by atoms with Gasteiger partial charge in [-0.05, 0) is 36.6 Å². The Kier molecular flexibility index (Phi) is 5.53. The van der Waals surface area contributed by atoms with Crippen LogP contribution >= 0.6 is 11.8 Å². The number of aromatic carboxylic acids is 1. The van der Waals surface area contributed by atoms with Gasteiger partial charge in [0.2, 0.25) is 0 Å². The van der Waals surface area contributed by atoms with E-state index in [1.54, 1.807) is 11.8 Å². The van der Waals surface area contributed by atoms with Crippen LogP contribution in [-0.2, 0) is 6.18 Å². The van der Waals surface area contributed by atoms with Gasteiger partial charge in [0.25, 0.3) is 0 Å². The second-order valence-corrected chi connectivity index (χ2v) is 4.82. The second-order valence-electron chi connectivity index (χ2n) is 3.84. The van der Waals surface area contributed by atoms with E-state index in [4.69, 9.17) is 5.11 Å². The zero-order chi connectivity index (χ0) is 14.5. The first-order valence-electron chi connectivity index (χ1n) is 5.53. The Balaban J connectivity index is 2.90. The van der Waals surface area contributed by atoms with E-state index in [0.717, 1.165) is 24.3 Å². The zero-order valence-corrected chi connectivity index (χ0v) is 11.1. The Morgan fingerprint density at radius 3 is 2.63 bits per heavy atom. The highest BCUT2D eigenvalue weighted by Gasteiger charge is 2.35. The van der Waals surface area contributed by atoms with Gasteiger partial charge in [-0.2, -0.15) is 24.9 Å². The van der Waals surface area contributed by atoms with Gasteiger partial charge in [0.15, 0.2) is 0 Å². The number of hydrogen-bond donors (Lipinski definition) is 2. The number of halogens is 3. The molecule has 1 rings (SSSR count). The SMILES string of the molecule is CSCCCNc1ccc(C(=O)O)c(C(F)(F)F)c1. The lowest BCUT2D eigenvalue weighted by molar-refractivity contribution is -0.138. The summed E-state index contributed by atoms with van der Waals surface area (Å²) in [4.78, 5) is 10.8. The number of rotatable bonds is 6. The molecule has 0 heterocycles. The number of hydrogen-bond acceptors (Lipinski definition) is 3. The highest BCUT2D eigenvalue weighted by Crippen LogP contribution is 2.33. The molecule has 0 radical (unpaired) electrons. The molecule has 1 aromatic rings. The van der Waals surface area contributed by atoms with Crippen molar-refractivity contribution >= 4 is 23.4 Å². The molecule has 0 aliphatic heterocycles. The fraction of sp³-hybridized carbons (Fsp3) is 0.417. The third kappa shape index (κ3) is 4.66. The van der Waals surface area contributed by atoms with Gasteiger partial charge >= 0.3 is 12.1 Å². The van der Waals surface area contributed by atoms with Crippen molar-refractivity contribution in [1.29, 1.82) is 0 Å². The fourth-order valence-electron chi connectivity index (χ4n) is 1.52. The molecule has 2 N–H and O–H groups in total. The predicted molar refractivity (Wildman–Crippen MR) is 69.9 cm³/mol. The van der Waals surface area contributed by atoms with Crippen LogP contribution in [-0.4, -0.2) is 29.6 Å². The summed E-state index contributed by atoms with van der Waals surface area (Å²) < 4.78 is 38.2. The van der Waals surface area contributed by atoms with Crippen molar-refractivity contribution in [1.82, 2.24) is 0 Å². The molecular weight excluding hydrogens is 279 g/mol. The smallest absolute Gasteiger partial charge is 0.417 e. The topological polar surface area (TPSA) is 49.3 Å². The monoisotopic (exact) mass is 293 g/mol. The number of carboxylic acids is 1. The number of carbonyl (C=O) groups is 1. The third-order valence-corrected chi connectivity index (χ3v) is 3.11. The molecular formula is C12H14F3NO2S. The van der Waals surface area contributed by atoms with Crippen molar-refractivity contribution in [2.45, 2.75) is 12.6 Å². The van der Waals surface area contributed by atoms with Gasteiger partial charge < -0.3 is 10.4 Å². The molecule has 0 atom stereocenters. The fourth-order valence-corrected chi connectivity index (χ4v) is 1.96. The molecule has 3 nitrogen and oxygen atoms in total. The quantitative estimate of drug-likeness (QED) is 0.787. The summed E-state index contributed by atoms with van der Waals surface area (Å²) in [6.07, 6.45) is -1.91. The molecule has 0 aromatic heterocycles. The Labute approximate surface area is 113 Å². The highest BCUT2D eigenvalue weighted by molar-refractivity contribution is 7.98. The normalized spacial score (nSPS) is 11.4. The maximum absolute atomic E-state index is 12.7. The van der Waals surface area contributed by atoms with Gasteiger partial charge in [-0.15, -0.1) is 0 Å².